The van der Waals surface area contributed by atoms with E-state index in [1.54, 1.807) is 42.6 Å². The first-order valence-electron chi connectivity index (χ1n) is 6.67. The Hall–Kier alpha value is -2.99. The predicted molar refractivity (Wildman–Crippen MR) is 86.6 cm³/mol. The van der Waals surface area contributed by atoms with E-state index in [-0.39, 0.29) is 5.56 Å². The van der Waals surface area contributed by atoms with Crippen LogP contribution < -0.4 is 11.3 Å². The van der Waals surface area contributed by atoms with E-state index in [4.69, 9.17) is 17.3 Å². The van der Waals surface area contributed by atoms with Crippen molar-refractivity contribution < 1.29 is 4.79 Å². The van der Waals surface area contributed by atoms with Crippen LogP contribution >= 0.6 is 11.6 Å². The first kappa shape index (κ1) is 14.9. The summed E-state index contributed by atoms with van der Waals surface area (Å²) in [7, 11) is 0. The topological polar surface area (TPSA) is 90.9 Å². The van der Waals surface area contributed by atoms with Gasteiger partial charge in [-0.15, -0.1) is 0 Å². The summed E-state index contributed by atoms with van der Waals surface area (Å²) in [6.07, 6.45) is 3.05. The molecule has 0 radical (unpaired) electrons. The molecule has 1 aromatic carbocycles. The van der Waals surface area contributed by atoms with Crippen LogP contribution in [-0.4, -0.2) is 20.7 Å². The number of hydrogen-bond acceptors (Lipinski definition) is 4. The van der Waals surface area contributed by atoms with E-state index < -0.39 is 11.5 Å². The van der Waals surface area contributed by atoms with Crippen LogP contribution in [0.15, 0.2) is 59.7 Å². The Morgan fingerprint density at radius 1 is 1.17 bits per heavy atom. The summed E-state index contributed by atoms with van der Waals surface area (Å²) in [4.78, 5) is 27.9. The van der Waals surface area contributed by atoms with E-state index in [2.05, 4.69) is 10.1 Å². The summed E-state index contributed by atoms with van der Waals surface area (Å²) in [5.74, 6) is -0.815. The lowest BCUT2D eigenvalue weighted by molar-refractivity contribution is 0.0998. The van der Waals surface area contributed by atoms with Crippen LogP contribution in [-0.2, 0) is 0 Å². The van der Waals surface area contributed by atoms with Gasteiger partial charge in [0, 0.05) is 16.8 Å². The lowest BCUT2D eigenvalue weighted by Gasteiger charge is -2.09. The Balaban J connectivity index is 2.26. The van der Waals surface area contributed by atoms with Gasteiger partial charge in [0.1, 0.15) is 5.56 Å². The highest BCUT2D eigenvalue weighted by molar-refractivity contribution is 6.30. The Morgan fingerprint density at radius 3 is 2.52 bits per heavy atom. The molecule has 7 heteroatoms. The molecule has 3 rings (SSSR count). The fraction of sp³-hybridized carbons (Fsp3) is 0. The van der Waals surface area contributed by atoms with Crippen LogP contribution in [0.4, 0.5) is 0 Å². The molecule has 0 aliphatic carbocycles. The number of benzene rings is 1. The van der Waals surface area contributed by atoms with Crippen molar-refractivity contribution >= 4 is 17.5 Å². The summed E-state index contributed by atoms with van der Waals surface area (Å²) < 4.78 is 1.11. The number of pyridine rings is 1. The highest BCUT2D eigenvalue weighted by atomic mass is 35.5. The number of carbonyl (C=O) groups excluding carboxylic acids is 1. The van der Waals surface area contributed by atoms with Crippen molar-refractivity contribution in [2.45, 2.75) is 0 Å². The Bertz CT molecular complexity index is 921. The molecule has 0 atom stereocenters. The van der Waals surface area contributed by atoms with Crippen molar-refractivity contribution in [3.05, 3.63) is 75.8 Å². The number of hydrogen-bond donors (Lipinski definition) is 1. The molecule has 0 bridgehead atoms. The van der Waals surface area contributed by atoms with Crippen molar-refractivity contribution in [2.24, 2.45) is 5.73 Å². The van der Waals surface area contributed by atoms with Crippen molar-refractivity contribution in [3.8, 4) is 16.9 Å². The largest absolute Gasteiger partial charge is 0.365 e. The number of amides is 1. The maximum Gasteiger partial charge on any atom is 0.284 e. The third-order valence-corrected chi connectivity index (χ3v) is 3.46. The van der Waals surface area contributed by atoms with Gasteiger partial charge in [-0.1, -0.05) is 23.7 Å². The molecule has 23 heavy (non-hydrogen) atoms. The predicted octanol–water partition coefficient (Wildman–Crippen LogP) is 2.05. The van der Waals surface area contributed by atoms with Gasteiger partial charge in [0.25, 0.3) is 11.5 Å². The van der Waals surface area contributed by atoms with E-state index in [0.717, 1.165) is 4.68 Å². The number of nitrogens with two attached hydrogens (primary N) is 1. The van der Waals surface area contributed by atoms with E-state index in [0.29, 0.717) is 22.0 Å². The second-order valence-electron chi connectivity index (χ2n) is 4.74. The highest BCUT2D eigenvalue weighted by Crippen LogP contribution is 2.20. The van der Waals surface area contributed by atoms with Crippen LogP contribution in [0.1, 0.15) is 10.4 Å². The van der Waals surface area contributed by atoms with E-state index in [1.807, 2.05) is 0 Å². The van der Waals surface area contributed by atoms with Gasteiger partial charge < -0.3 is 5.73 Å². The smallest absolute Gasteiger partial charge is 0.284 e. The summed E-state index contributed by atoms with van der Waals surface area (Å²) in [5.41, 5.74) is 6.15. The van der Waals surface area contributed by atoms with E-state index >= 15 is 0 Å². The van der Waals surface area contributed by atoms with Crippen LogP contribution in [0.3, 0.4) is 0 Å². The van der Waals surface area contributed by atoms with Crippen molar-refractivity contribution in [2.75, 3.05) is 0 Å². The quantitative estimate of drug-likeness (QED) is 0.797. The fourth-order valence-electron chi connectivity index (χ4n) is 2.09. The number of carbonyl (C=O) groups is 1. The van der Waals surface area contributed by atoms with Gasteiger partial charge >= 0.3 is 0 Å². The van der Waals surface area contributed by atoms with Gasteiger partial charge in [-0.05, 0) is 30.3 Å². The zero-order valence-electron chi connectivity index (χ0n) is 11.8. The molecule has 0 spiro atoms. The van der Waals surface area contributed by atoms with E-state index in [1.165, 1.54) is 12.3 Å². The lowest BCUT2D eigenvalue weighted by atomic mass is 10.1. The second kappa shape index (κ2) is 6.02. The van der Waals surface area contributed by atoms with Crippen molar-refractivity contribution in [1.29, 1.82) is 0 Å². The third-order valence-electron chi connectivity index (χ3n) is 3.21. The van der Waals surface area contributed by atoms with Crippen molar-refractivity contribution in [3.63, 3.8) is 0 Å². The summed E-state index contributed by atoms with van der Waals surface area (Å²) >= 11 is 5.88. The molecule has 114 valence electrons. The zero-order valence-corrected chi connectivity index (χ0v) is 12.6. The Labute approximate surface area is 136 Å². The van der Waals surface area contributed by atoms with Crippen LogP contribution in [0, 0.1) is 0 Å². The average Bonchev–Trinajstić information content (AvgIpc) is 2.56. The molecule has 0 unspecified atom stereocenters. The molecule has 1 amide bonds. The molecule has 0 aliphatic heterocycles. The molecule has 2 aromatic heterocycles. The zero-order chi connectivity index (χ0) is 16.4. The van der Waals surface area contributed by atoms with Crippen molar-refractivity contribution in [1.82, 2.24) is 14.8 Å². The normalized spacial score (nSPS) is 10.5. The van der Waals surface area contributed by atoms with Crippen LogP contribution in [0.5, 0.6) is 0 Å². The number of primary amides is 1. The van der Waals surface area contributed by atoms with Crippen LogP contribution in [0.2, 0.25) is 5.02 Å². The number of nitrogens with zero attached hydrogens (tertiary/aromatic N) is 3. The van der Waals surface area contributed by atoms with E-state index in [9.17, 15) is 9.59 Å². The lowest BCUT2D eigenvalue weighted by Crippen LogP contribution is -2.30. The molecular weight excluding hydrogens is 316 g/mol. The van der Waals surface area contributed by atoms with Gasteiger partial charge in [0.2, 0.25) is 0 Å². The standard InChI is InChI=1S/C16H11ClN4O2/c17-11-5-3-10(4-6-11)14-8-13(15(18)22)16(23)21(20-14)12-2-1-7-19-9-12/h1-9H,(H2,18,22). The average molecular weight is 327 g/mol. The monoisotopic (exact) mass is 326 g/mol. The Kier molecular flexibility index (Phi) is 3.91. The maximum absolute atomic E-state index is 12.4. The van der Waals surface area contributed by atoms with Crippen LogP contribution in [0.25, 0.3) is 16.9 Å². The Morgan fingerprint density at radius 2 is 1.91 bits per heavy atom. The number of halogens is 1. The molecule has 0 saturated carbocycles. The molecular formula is C16H11ClN4O2. The SMILES string of the molecule is NC(=O)c1cc(-c2ccc(Cl)cc2)nn(-c2cccnc2)c1=O. The highest BCUT2D eigenvalue weighted by Gasteiger charge is 2.15. The summed E-state index contributed by atoms with van der Waals surface area (Å²) in [6.45, 7) is 0. The fourth-order valence-corrected chi connectivity index (χ4v) is 2.21. The first-order valence-corrected chi connectivity index (χ1v) is 7.04. The minimum atomic E-state index is -0.815. The number of aromatic nitrogens is 3. The minimum Gasteiger partial charge on any atom is -0.365 e. The third kappa shape index (κ3) is 2.97. The molecule has 2 N–H and O–H groups in total. The van der Waals surface area contributed by atoms with Gasteiger partial charge in [-0.2, -0.15) is 9.78 Å². The molecule has 0 aliphatic rings. The van der Waals surface area contributed by atoms with Gasteiger partial charge in [0.15, 0.2) is 0 Å². The minimum absolute atomic E-state index is 0.145. The summed E-state index contributed by atoms with van der Waals surface area (Å²) in [5, 5.41) is 4.87. The molecule has 6 nitrogen and oxygen atoms in total. The molecule has 0 fully saturated rings. The maximum atomic E-state index is 12.4. The first-order chi connectivity index (χ1) is 11.1. The molecule has 3 aromatic rings. The number of rotatable bonds is 3. The van der Waals surface area contributed by atoms with Gasteiger partial charge in [0.05, 0.1) is 17.6 Å². The summed E-state index contributed by atoms with van der Waals surface area (Å²) in [6, 6.07) is 11.6. The molecule has 2 heterocycles. The molecule has 0 saturated heterocycles. The second-order valence-corrected chi connectivity index (χ2v) is 5.18. The van der Waals surface area contributed by atoms with Gasteiger partial charge in [-0.3, -0.25) is 14.6 Å². The van der Waals surface area contributed by atoms with Gasteiger partial charge in [-0.25, -0.2) is 0 Å².